The number of hydrogen-bond acceptors (Lipinski definition) is 3. The smallest absolute Gasteiger partial charge is 0.414 e. The number of carboxylic acids is 2. The molecule has 0 saturated heterocycles. The van der Waals surface area contributed by atoms with Gasteiger partial charge in [-0.15, -0.1) is 0 Å². The van der Waals surface area contributed by atoms with Crippen LogP contribution in [0.2, 0.25) is 0 Å². The third-order valence-electron chi connectivity index (χ3n) is 1.52. The van der Waals surface area contributed by atoms with Gasteiger partial charge in [0.25, 0.3) is 0 Å². The second kappa shape index (κ2) is 8.99. The first-order valence-electron chi connectivity index (χ1n) is 4.18. The average molecular weight is 191 g/mol. The summed E-state index contributed by atoms with van der Waals surface area (Å²) < 4.78 is 0. The third-order valence-corrected chi connectivity index (χ3v) is 1.52. The number of nitrogens with zero attached hydrogens (tertiary/aromatic N) is 1. The van der Waals surface area contributed by atoms with Gasteiger partial charge in [-0.05, 0) is 19.6 Å². The zero-order chi connectivity index (χ0) is 10.9. The van der Waals surface area contributed by atoms with Crippen LogP contribution in [-0.4, -0.2) is 46.7 Å². The van der Waals surface area contributed by atoms with Crippen molar-refractivity contribution in [1.82, 2.24) is 4.90 Å². The average Bonchev–Trinajstić information content (AvgIpc) is 2.08. The molecule has 0 aliphatic rings. The molecule has 0 bridgehead atoms. The molecule has 2 N–H and O–H groups in total. The van der Waals surface area contributed by atoms with Crippen LogP contribution in [0.3, 0.4) is 0 Å². The Balaban J connectivity index is 0. The summed E-state index contributed by atoms with van der Waals surface area (Å²) in [5.74, 6) is -3.65. The Morgan fingerprint density at radius 2 is 1.15 bits per heavy atom. The summed E-state index contributed by atoms with van der Waals surface area (Å²) in [6, 6.07) is 0. The summed E-state index contributed by atoms with van der Waals surface area (Å²) in [6.45, 7) is 10.1. The van der Waals surface area contributed by atoms with E-state index in [0.717, 1.165) is 0 Å². The Kier molecular flexibility index (Phi) is 9.98. The molecule has 0 aromatic rings. The SMILES string of the molecule is CCN(CC)CC.O=C(O)C(=O)O. The Labute approximate surface area is 78.0 Å². The standard InChI is InChI=1S/C6H15N.C2H2O4/c1-4-7(5-2)6-3;3-1(4)2(5)6/h4-6H2,1-3H3;(H,3,4)(H,5,6). The number of aliphatic carboxylic acids is 2. The highest BCUT2D eigenvalue weighted by Gasteiger charge is 2.04. The zero-order valence-corrected chi connectivity index (χ0v) is 8.28. The number of hydrogen-bond donors (Lipinski definition) is 2. The van der Waals surface area contributed by atoms with Gasteiger partial charge in [0.2, 0.25) is 0 Å². The zero-order valence-electron chi connectivity index (χ0n) is 8.28. The molecule has 0 fully saturated rings. The Morgan fingerprint density at radius 3 is 1.15 bits per heavy atom. The molecule has 0 unspecified atom stereocenters. The Bertz CT molecular complexity index is 137. The minimum absolute atomic E-state index is 1.19. The van der Waals surface area contributed by atoms with E-state index in [-0.39, 0.29) is 0 Å². The van der Waals surface area contributed by atoms with Gasteiger partial charge in [-0.3, -0.25) is 0 Å². The fourth-order valence-corrected chi connectivity index (χ4v) is 0.671. The van der Waals surface area contributed by atoms with Crippen molar-refractivity contribution in [3.05, 3.63) is 0 Å². The van der Waals surface area contributed by atoms with Crippen molar-refractivity contribution in [3.63, 3.8) is 0 Å². The summed E-state index contributed by atoms with van der Waals surface area (Å²) in [6.07, 6.45) is 0. The van der Waals surface area contributed by atoms with Crippen LogP contribution >= 0.6 is 0 Å². The number of carboxylic acid groups (broad SMARTS) is 2. The van der Waals surface area contributed by atoms with Crippen molar-refractivity contribution in [2.45, 2.75) is 20.8 Å². The molecule has 0 saturated carbocycles. The van der Waals surface area contributed by atoms with E-state index in [2.05, 4.69) is 25.7 Å². The maximum Gasteiger partial charge on any atom is 0.414 e. The van der Waals surface area contributed by atoms with Gasteiger partial charge in [-0.2, -0.15) is 0 Å². The van der Waals surface area contributed by atoms with Crippen LogP contribution in [0.5, 0.6) is 0 Å². The molecule has 0 rings (SSSR count). The van der Waals surface area contributed by atoms with E-state index in [1.54, 1.807) is 0 Å². The minimum Gasteiger partial charge on any atom is -0.473 e. The molecule has 0 atom stereocenters. The van der Waals surface area contributed by atoms with Crippen LogP contribution in [0.1, 0.15) is 20.8 Å². The predicted octanol–water partition coefficient (Wildman–Crippen LogP) is 0.504. The Morgan fingerprint density at radius 1 is 0.923 bits per heavy atom. The fourth-order valence-electron chi connectivity index (χ4n) is 0.671. The van der Waals surface area contributed by atoms with E-state index in [9.17, 15) is 0 Å². The molecule has 0 amide bonds. The lowest BCUT2D eigenvalue weighted by molar-refractivity contribution is -0.159. The van der Waals surface area contributed by atoms with Crippen molar-refractivity contribution in [1.29, 1.82) is 0 Å². The molecule has 0 aliphatic carbocycles. The van der Waals surface area contributed by atoms with Crippen molar-refractivity contribution in [2.75, 3.05) is 19.6 Å². The first-order valence-corrected chi connectivity index (χ1v) is 4.18. The van der Waals surface area contributed by atoms with E-state index in [4.69, 9.17) is 19.8 Å². The minimum atomic E-state index is -1.82. The summed E-state index contributed by atoms with van der Waals surface area (Å²) in [5, 5.41) is 14.8. The van der Waals surface area contributed by atoms with Crippen LogP contribution in [0, 0.1) is 0 Å². The van der Waals surface area contributed by atoms with Gasteiger partial charge in [-0.25, -0.2) is 9.59 Å². The fraction of sp³-hybridized carbons (Fsp3) is 0.750. The normalized spacial score (nSPS) is 8.92. The van der Waals surface area contributed by atoms with Crippen molar-refractivity contribution in [2.24, 2.45) is 0 Å². The lowest BCUT2D eigenvalue weighted by Gasteiger charge is -2.13. The summed E-state index contributed by atoms with van der Waals surface area (Å²) >= 11 is 0. The van der Waals surface area contributed by atoms with E-state index >= 15 is 0 Å². The molecule has 0 aliphatic heterocycles. The summed E-state index contributed by atoms with van der Waals surface area (Å²) in [7, 11) is 0. The highest BCUT2D eigenvalue weighted by Crippen LogP contribution is 1.81. The quantitative estimate of drug-likeness (QED) is 0.635. The molecular formula is C8H17NO4. The van der Waals surface area contributed by atoms with E-state index in [0.29, 0.717) is 0 Å². The molecule has 5 nitrogen and oxygen atoms in total. The van der Waals surface area contributed by atoms with Gasteiger partial charge in [0.05, 0.1) is 0 Å². The number of carbonyl (C=O) groups is 2. The Hall–Kier alpha value is -1.10. The first-order chi connectivity index (χ1) is 5.99. The number of rotatable bonds is 3. The highest BCUT2D eigenvalue weighted by atomic mass is 16.4. The molecule has 0 aromatic heterocycles. The largest absolute Gasteiger partial charge is 0.473 e. The topological polar surface area (TPSA) is 77.8 Å². The van der Waals surface area contributed by atoms with Gasteiger partial charge in [-0.1, -0.05) is 20.8 Å². The van der Waals surface area contributed by atoms with E-state index < -0.39 is 11.9 Å². The lowest BCUT2D eigenvalue weighted by Crippen LogP contribution is -2.21. The van der Waals surface area contributed by atoms with Crippen molar-refractivity contribution in [3.8, 4) is 0 Å². The van der Waals surface area contributed by atoms with Crippen LogP contribution in [0.25, 0.3) is 0 Å². The molecule has 5 heteroatoms. The van der Waals surface area contributed by atoms with Crippen LogP contribution in [-0.2, 0) is 9.59 Å². The van der Waals surface area contributed by atoms with E-state index in [1.165, 1.54) is 19.6 Å². The molecular weight excluding hydrogens is 174 g/mol. The molecule has 0 heterocycles. The first kappa shape index (κ1) is 14.4. The molecule has 0 radical (unpaired) electrons. The van der Waals surface area contributed by atoms with Gasteiger partial charge in [0, 0.05) is 0 Å². The second-order valence-corrected chi connectivity index (χ2v) is 2.23. The van der Waals surface area contributed by atoms with Crippen LogP contribution in [0.15, 0.2) is 0 Å². The maximum absolute atomic E-state index is 9.10. The van der Waals surface area contributed by atoms with Crippen LogP contribution < -0.4 is 0 Å². The molecule has 0 aromatic carbocycles. The van der Waals surface area contributed by atoms with Gasteiger partial charge in [0.1, 0.15) is 0 Å². The van der Waals surface area contributed by atoms with Gasteiger partial charge < -0.3 is 15.1 Å². The monoisotopic (exact) mass is 191 g/mol. The van der Waals surface area contributed by atoms with E-state index in [1.807, 2.05) is 0 Å². The third kappa shape index (κ3) is 10.9. The summed E-state index contributed by atoms with van der Waals surface area (Å²) in [4.78, 5) is 20.6. The maximum atomic E-state index is 9.10. The second-order valence-electron chi connectivity index (χ2n) is 2.23. The van der Waals surface area contributed by atoms with Crippen LogP contribution in [0.4, 0.5) is 0 Å². The molecule has 0 spiro atoms. The van der Waals surface area contributed by atoms with Crippen molar-refractivity contribution < 1.29 is 19.8 Å². The molecule has 13 heavy (non-hydrogen) atoms. The summed E-state index contributed by atoms with van der Waals surface area (Å²) in [5.41, 5.74) is 0. The highest BCUT2D eigenvalue weighted by molar-refractivity contribution is 6.27. The molecule has 78 valence electrons. The van der Waals surface area contributed by atoms with Gasteiger partial charge >= 0.3 is 11.9 Å². The lowest BCUT2D eigenvalue weighted by atomic mass is 10.5. The van der Waals surface area contributed by atoms with Crippen molar-refractivity contribution >= 4 is 11.9 Å². The van der Waals surface area contributed by atoms with Gasteiger partial charge in [0.15, 0.2) is 0 Å². The predicted molar refractivity (Wildman–Crippen MR) is 48.7 cm³/mol.